The summed E-state index contributed by atoms with van der Waals surface area (Å²) in [4.78, 5) is 1.33. The lowest BCUT2D eigenvalue weighted by Crippen LogP contribution is -2.16. The molecule has 1 rings (SSSR count). The Morgan fingerprint density at radius 1 is 1.73 bits per heavy atom. The zero-order valence-electron chi connectivity index (χ0n) is 6.17. The SMILES string of the molecule is CNC(CS)c1ccc(Br)s1. The summed E-state index contributed by atoms with van der Waals surface area (Å²) in [5, 5.41) is 3.19. The third-order valence-corrected chi connectivity index (χ3v) is 3.57. The Bertz CT molecular complexity index is 220. The molecule has 0 saturated heterocycles. The molecule has 4 heteroatoms. The Morgan fingerprint density at radius 3 is 2.82 bits per heavy atom. The van der Waals surface area contributed by atoms with Crippen LogP contribution in [-0.4, -0.2) is 12.8 Å². The largest absolute Gasteiger partial charge is 0.312 e. The lowest BCUT2D eigenvalue weighted by atomic mass is 10.3. The summed E-state index contributed by atoms with van der Waals surface area (Å²) in [5.41, 5.74) is 0. The van der Waals surface area contributed by atoms with Crippen LogP contribution in [-0.2, 0) is 0 Å². The number of halogens is 1. The van der Waals surface area contributed by atoms with Crippen LogP contribution in [0, 0.1) is 0 Å². The molecule has 0 radical (unpaired) electrons. The number of rotatable bonds is 3. The minimum absolute atomic E-state index is 0.384. The van der Waals surface area contributed by atoms with Crippen molar-refractivity contribution in [2.45, 2.75) is 6.04 Å². The molecule has 1 unspecified atom stereocenters. The summed E-state index contributed by atoms with van der Waals surface area (Å²) in [7, 11) is 1.95. The average molecular weight is 252 g/mol. The molecule has 0 saturated carbocycles. The Morgan fingerprint density at radius 2 is 2.45 bits per heavy atom. The summed E-state index contributed by atoms with van der Waals surface area (Å²) in [6, 6.07) is 4.56. The van der Waals surface area contributed by atoms with Crippen molar-refractivity contribution in [1.82, 2.24) is 5.32 Å². The summed E-state index contributed by atoms with van der Waals surface area (Å²) < 4.78 is 1.18. The van der Waals surface area contributed by atoms with E-state index in [1.165, 1.54) is 8.66 Å². The zero-order chi connectivity index (χ0) is 8.27. The van der Waals surface area contributed by atoms with Gasteiger partial charge in [0.2, 0.25) is 0 Å². The van der Waals surface area contributed by atoms with E-state index in [4.69, 9.17) is 0 Å². The van der Waals surface area contributed by atoms with Crippen LogP contribution < -0.4 is 5.32 Å². The van der Waals surface area contributed by atoms with Gasteiger partial charge in [-0.25, -0.2) is 0 Å². The van der Waals surface area contributed by atoms with Crippen LogP contribution in [0.15, 0.2) is 15.9 Å². The minimum Gasteiger partial charge on any atom is -0.312 e. The average Bonchev–Trinajstić information content (AvgIpc) is 2.39. The predicted molar refractivity (Wildman–Crippen MR) is 57.7 cm³/mol. The Kier molecular flexibility index (Phi) is 3.92. The highest BCUT2D eigenvalue weighted by molar-refractivity contribution is 9.11. The Hall–Kier alpha value is 0.490. The van der Waals surface area contributed by atoms with Gasteiger partial charge in [-0.3, -0.25) is 0 Å². The van der Waals surface area contributed by atoms with Crippen LogP contribution in [0.25, 0.3) is 0 Å². The molecule has 1 N–H and O–H groups in total. The molecule has 0 aliphatic heterocycles. The Labute approximate surface area is 84.7 Å². The highest BCUT2D eigenvalue weighted by atomic mass is 79.9. The van der Waals surface area contributed by atoms with Gasteiger partial charge in [-0.1, -0.05) is 0 Å². The molecule has 0 bridgehead atoms. The van der Waals surface area contributed by atoms with Gasteiger partial charge >= 0.3 is 0 Å². The summed E-state index contributed by atoms with van der Waals surface area (Å²) in [6.45, 7) is 0. The lowest BCUT2D eigenvalue weighted by Gasteiger charge is -2.09. The van der Waals surface area contributed by atoms with Gasteiger partial charge in [0.05, 0.1) is 9.83 Å². The number of thiophene rings is 1. The van der Waals surface area contributed by atoms with Crippen LogP contribution >= 0.6 is 39.9 Å². The van der Waals surface area contributed by atoms with Gasteiger partial charge in [0, 0.05) is 10.6 Å². The molecular weight excluding hydrogens is 242 g/mol. The number of hydrogen-bond donors (Lipinski definition) is 2. The second-order valence-electron chi connectivity index (χ2n) is 2.17. The maximum Gasteiger partial charge on any atom is 0.0701 e. The highest BCUT2D eigenvalue weighted by Crippen LogP contribution is 2.27. The van der Waals surface area contributed by atoms with Gasteiger partial charge in [0.1, 0.15) is 0 Å². The standard InChI is InChI=1S/C7H10BrNS2/c1-9-5(4-10)6-2-3-7(8)11-6/h2-3,5,9-10H,4H2,1H3. The van der Waals surface area contributed by atoms with Gasteiger partial charge in [-0.15, -0.1) is 11.3 Å². The van der Waals surface area contributed by atoms with E-state index >= 15 is 0 Å². The fourth-order valence-corrected chi connectivity index (χ4v) is 2.88. The van der Waals surface area contributed by atoms with Gasteiger partial charge in [0.25, 0.3) is 0 Å². The van der Waals surface area contributed by atoms with E-state index in [1.807, 2.05) is 7.05 Å². The van der Waals surface area contributed by atoms with Crippen molar-refractivity contribution in [1.29, 1.82) is 0 Å². The minimum atomic E-state index is 0.384. The van der Waals surface area contributed by atoms with Gasteiger partial charge in [-0.2, -0.15) is 12.6 Å². The maximum atomic E-state index is 4.25. The summed E-state index contributed by atoms with van der Waals surface area (Å²) in [5.74, 6) is 0.837. The number of hydrogen-bond acceptors (Lipinski definition) is 3. The third-order valence-electron chi connectivity index (χ3n) is 1.47. The first-order valence-electron chi connectivity index (χ1n) is 3.31. The second kappa shape index (κ2) is 4.50. The molecule has 1 aromatic rings. The van der Waals surface area contributed by atoms with Crippen LogP contribution in [0.1, 0.15) is 10.9 Å². The van der Waals surface area contributed by atoms with Crippen molar-refractivity contribution in [2.24, 2.45) is 0 Å². The molecule has 1 heterocycles. The highest BCUT2D eigenvalue weighted by Gasteiger charge is 2.08. The van der Waals surface area contributed by atoms with E-state index in [9.17, 15) is 0 Å². The molecule has 1 aromatic heterocycles. The van der Waals surface area contributed by atoms with Crippen molar-refractivity contribution in [3.8, 4) is 0 Å². The van der Waals surface area contributed by atoms with Crippen molar-refractivity contribution >= 4 is 39.9 Å². The first kappa shape index (κ1) is 9.58. The molecule has 0 amide bonds. The van der Waals surface area contributed by atoms with E-state index in [0.29, 0.717) is 6.04 Å². The lowest BCUT2D eigenvalue weighted by molar-refractivity contribution is 0.675. The number of nitrogens with one attached hydrogen (secondary N) is 1. The molecule has 0 aliphatic carbocycles. The van der Waals surface area contributed by atoms with Crippen molar-refractivity contribution in [2.75, 3.05) is 12.8 Å². The van der Waals surface area contributed by atoms with Gasteiger partial charge in [0.15, 0.2) is 0 Å². The first-order valence-corrected chi connectivity index (χ1v) is 5.55. The molecule has 11 heavy (non-hydrogen) atoms. The quantitative estimate of drug-likeness (QED) is 0.788. The van der Waals surface area contributed by atoms with E-state index in [1.54, 1.807) is 11.3 Å². The van der Waals surface area contributed by atoms with Gasteiger partial charge < -0.3 is 5.32 Å². The normalized spacial score (nSPS) is 13.4. The van der Waals surface area contributed by atoms with Gasteiger partial charge in [-0.05, 0) is 35.1 Å². The molecule has 0 aliphatic rings. The smallest absolute Gasteiger partial charge is 0.0701 e. The summed E-state index contributed by atoms with van der Waals surface area (Å²) in [6.07, 6.45) is 0. The van der Waals surface area contributed by atoms with Crippen LogP contribution in [0.5, 0.6) is 0 Å². The van der Waals surface area contributed by atoms with Crippen molar-refractivity contribution in [3.05, 3.63) is 20.8 Å². The van der Waals surface area contributed by atoms with Crippen molar-refractivity contribution in [3.63, 3.8) is 0 Å². The molecule has 0 aromatic carbocycles. The van der Waals surface area contributed by atoms with Crippen LogP contribution in [0.2, 0.25) is 0 Å². The Balaban J connectivity index is 2.73. The van der Waals surface area contributed by atoms with E-state index in [-0.39, 0.29) is 0 Å². The van der Waals surface area contributed by atoms with E-state index < -0.39 is 0 Å². The summed E-state index contributed by atoms with van der Waals surface area (Å²) >= 11 is 9.42. The number of thiol groups is 1. The topological polar surface area (TPSA) is 12.0 Å². The predicted octanol–water partition coefficient (Wildman–Crippen LogP) is 2.70. The van der Waals surface area contributed by atoms with Crippen LogP contribution in [0.4, 0.5) is 0 Å². The zero-order valence-corrected chi connectivity index (χ0v) is 9.47. The first-order chi connectivity index (χ1) is 5.27. The molecule has 0 fully saturated rings. The molecule has 1 nitrogen and oxygen atoms in total. The monoisotopic (exact) mass is 251 g/mol. The molecule has 0 spiro atoms. The van der Waals surface area contributed by atoms with E-state index in [2.05, 4.69) is 46.0 Å². The fraction of sp³-hybridized carbons (Fsp3) is 0.429. The molecule has 62 valence electrons. The van der Waals surface area contributed by atoms with Crippen LogP contribution in [0.3, 0.4) is 0 Å². The second-order valence-corrected chi connectivity index (χ2v) is 5.03. The maximum absolute atomic E-state index is 4.25. The third kappa shape index (κ3) is 2.47. The molecule has 1 atom stereocenters. The fourth-order valence-electron chi connectivity index (χ4n) is 0.839. The van der Waals surface area contributed by atoms with Crippen molar-refractivity contribution < 1.29 is 0 Å². The van der Waals surface area contributed by atoms with E-state index in [0.717, 1.165) is 5.75 Å². The molecular formula is C7H10BrNS2.